The van der Waals surface area contributed by atoms with E-state index in [2.05, 4.69) is 15.3 Å². The number of nitrogens with zero attached hydrogens (tertiary/aromatic N) is 4. The first kappa shape index (κ1) is 18.3. The number of halogens is 1. The van der Waals surface area contributed by atoms with Crippen molar-refractivity contribution in [2.45, 2.75) is 19.6 Å². The Kier molecular flexibility index (Phi) is 6.63. The van der Waals surface area contributed by atoms with E-state index in [0.717, 1.165) is 28.8 Å². The first-order valence-corrected chi connectivity index (χ1v) is 8.27. The zero-order valence-electron chi connectivity index (χ0n) is 14.3. The van der Waals surface area contributed by atoms with E-state index in [1.54, 1.807) is 24.5 Å². The lowest BCUT2D eigenvalue weighted by atomic mass is 10.1. The van der Waals surface area contributed by atoms with Gasteiger partial charge in [-0.2, -0.15) is 0 Å². The maximum atomic E-state index is 10.3. The molecule has 0 saturated heterocycles. The van der Waals surface area contributed by atoms with E-state index >= 15 is 0 Å². The zero-order valence-corrected chi connectivity index (χ0v) is 15.0. The van der Waals surface area contributed by atoms with E-state index in [9.17, 15) is 5.11 Å². The Morgan fingerprint density at radius 2 is 2.17 bits per heavy atom. The predicted molar refractivity (Wildman–Crippen MR) is 97.1 cm³/mol. The molecular formula is C17H24ClN5O. The van der Waals surface area contributed by atoms with Gasteiger partial charge in [-0.25, -0.2) is 0 Å². The number of guanidine groups is 1. The zero-order chi connectivity index (χ0) is 17.5. The summed E-state index contributed by atoms with van der Waals surface area (Å²) in [6.07, 6.45) is 4.55. The van der Waals surface area contributed by atoms with Crippen LogP contribution in [0.4, 0.5) is 0 Å². The minimum atomic E-state index is -0.653. The van der Waals surface area contributed by atoms with Crippen LogP contribution in [0.3, 0.4) is 0 Å². The van der Waals surface area contributed by atoms with Crippen LogP contribution < -0.4 is 5.32 Å². The van der Waals surface area contributed by atoms with Crippen molar-refractivity contribution in [1.29, 1.82) is 0 Å². The molecule has 0 amide bonds. The molecule has 7 heteroatoms. The summed E-state index contributed by atoms with van der Waals surface area (Å²) in [6.45, 7) is 3.72. The number of hydrogen-bond donors (Lipinski definition) is 2. The quantitative estimate of drug-likeness (QED) is 0.620. The van der Waals surface area contributed by atoms with Gasteiger partial charge in [-0.15, -0.1) is 0 Å². The fourth-order valence-electron chi connectivity index (χ4n) is 2.37. The van der Waals surface area contributed by atoms with Crippen LogP contribution in [0.2, 0.25) is 5.02 Å². The lowest BCUT2D eigenvalue weighted by Gasteiger charge is -2.22. The second kappa shape index (κ2) is 8.70. The Balaban J connectivity index is 2.05. The van der Waals surface area contributed by atoms with Crippen molar-refractivity contribution in [3.05, 3.63) is 53.1 Å². The number of aromatic nitrogens is 2. The molecule has 0 bridgehead atoms. The number of pyridine rings is 1. The minimum Gasteiger partial charge on any atom is -0.386 e. The number of aliphatic hydroxyl groups is 1. The third-order valence-electron chi connectivity index (χ3n) is 3.68. The Labute approximate surface area is 147 Å². The predicted octanol–water partition coefficient (Wildman–Crippen LogP) is 2.20. The van der Waals surface area contributed by atoms with Crippen molar-refractivity contribution >= 4 is 17.6 Å². The molecule has 6 nitrogen and oxygen atoms in total. The van der Waals surface area contributed by atoms with E-state index in [-0.39, 0.29) is 6.54 Å². The molecule has 2 aromatic heterocycles. The Morgan fingerprint density at radius 1 is 1.46 bits per heavy atom. The van der Waals surface area contributed by atoms with Crippen LogP contribution in [0.25, 0.3) is 0 Å². The lowest BCUT2D eigenvalue weighted by Crippen LogP contribution is -2.39. The SMILES string of the molecule is CCNC(=NCC(O)c1ccncc1)N(C)Cc1cc(Cl)cn1C. The van der Waals surface area contributed by atoms with Crippen LogP contribution in [0.5, 0.6) is 0 Å². The van der Waals surface area contributed by atoms with E-state index < -0.39 is 6.10 Å². The van der Waals surface area contributed by atoms with Gasteiger partial charge in [-0.1, -0.05) is 11.6 Å². The van der Waals surface area contributed by atoms with Gasteiger partial charge in [0.2, 0.25) is 0 Å². The molecule has 2 rings (SSSR count). The summed E-state index contributed by atoms with van der Waals surface area (Å²) in [5.41, 5.74) is 1.89. The molecule has 130 valence electrons. The number of hydrogen-bond acceptors (Lipinski definition) is 3. The molecule has 0 radical (unpaired) electrons. The highest BCUT2D eigenvalue weighted by molar-refractivity contribution is 6.30. The van der Waals surface area contributed by atoms with Gasteiger partial charge >= 0.3 is 0 Å². The van der Waals surface area contributed by atoms with Crippen LogP contribution in [0, 0.1) is 0 Å². The molecule has 2 N–H and O–H groups in total. The summed E-state index contributed by atoms with van der Waals surface area (Å²) in [7, 11) is 3.92. The smallest absolute Gasteiger partial charge is 0.194 e. The van der Waals surface area contributed by atoms with Crippen molar-refractivity contribution in [1.82, 2.24) is 19.8 Å². The molecule has 0 aliphatic rings. The molecule has 0 saturated carbocycles. The van der Waals surface area contributed by atoms with Gasteiger partial charge < -0.3 is 19.9 Å². The summed E-state index contributed by atoms with van der Waals surface area (Å²) < 4.78 is 1.99. The van der Waals surface area contributed by atoms with Gasteiger partial charge in [-0.3, -0.25) is 9.98 Å². The first-order chi connectivity index (χ1) is 11.5. The van der Waals surface area contributed by atoms with Crippen molar-refractivity contribution in [2.24, 2.45) is 12.0 Å². The highest BCUT2D eigenvalue weighted by Gasteiger charge is 2.12. The monoisotopic (exact) mass is 349 g/mol. The molecular weight excluding hydrogens is 326 g/mol. The third kappa shape index (κ3) is 4.97. The van der Waals surface area contributed by atoms with Crippen molar-refractivity contribution < 1.29 is 5.11 Å². The minimum absolute atomic E-state index is 0.282. The largest absolute Gasteiger partial charge is 0.386 e. The second-order valence-corrected chi connectivity index (χ2v) is 6.04. The summed E-state index contributed by atoms with van der Waals surface area (Å²) in [5.74, 6) is 0.739. The van der Waals surface area contributed by atoms with Crippen molar-refractivity contribution in [3.63, 3.8) is 0 Å². The summed E-state index contributed by atoms with van der Waals surface area (Å²) in [5, 5.41) is 14.2. The van der Waals surface area contributed by atoms with E-state index in [4.69, 9.17) is 11.6 Å². The van der Waals surface area contributed by atoms with E-state index in [1.807, 2.05) is 42.7 Å². The van der Waals surface area contributed by atoms with Gasteiger partial charge in [0, 0.05) is 44.9 Å². The van der Waals surface area contributed by atoms with Gasteiger partial charge in [0.1, 0.15) is 0 Å². The summed E-state index contributed by atoms with van der Waals surface area (Å²) in [6, 6.07) is 5.53. The molecule has 2 heterocycles. The fraction of sp³-hybridized carbons (Fsp3) is 0.412. The van der Waals surface area contributed by atoms with Crippen LogP contribution in [-0.4, -0.2) is 45.7 Å². The molecule has 0 fully saturated rings. The highest BCUT2D eigenvalue weighted by Crippen LogP contribution is 2.15. The van der Waals surface area contributed by atoms with Crippen molar-refractivity contribution in [2.75, 3.05) is 20.1 Å². The van der Waals surface area contributed by atoms with Crippen LogP contribution >= 0.6 is 11.6 Å². The van der Waals surface area contributed by atoms with E-state index in [0.29, 0.717) is 6.54 Å². The van der Waals surface area contributed by atoms with Gasteiger partial charge in [-0.05, 0) is 30.7 Å². The molecule has 1 atom stereocenters. The maximum Gasteiger partial charge on any atom is 0.194 e. The number of rotatable bonds is 6. The Morgan fingerprint density at radius 3 is 2.75 bits per heavy atom. The topological polar surface area (TPSA) is 65.7 Å². The number of aryl methyl sites for hydroxylation is 1. The number of aliphatic imine (C=N–C) groups is 1. The second-order valence-electron chi connectivity index (χ2n) is 5.61. The summed E-state index contributed by atoms with van der Waals surface area (Å²) in [4.78, 5) is 10.5. The van der Waals surface area contributed by atoms with Gasteiger partial charge in [0.05, 0.1) is 24.2 Å². The Hall–Kier alpha value is -2.05. The average molecular weight is 350 g/mol. The third-order valence-corrected chi connectivity index (χ3v) is 3.88. The van der Waals surface area contributed by atoms with Crippen LogP contribution in [0.15, 0.2) is 41.8 Å². The normalized spacial score (nSPS) is 13.0. The van der Waals surface area contributed by atoms with Gasteiger partial charge in [0.25, 0.3) is 0 Å². The van der Waals surface area contributed by atoms with Crippen LogP contribution in [-0.2, 0) is 13.6 Å². The molecule has 24 heavy (non-hydrogen) atoms. The van der Waals surface area contributed by atoms with Crippen LogP contribution in [0.1, 0.15) is 24.3 Å². The van der Waals surface area contributed by atoms with Crippen molar-refractivity contribution in [3.8, 4) is 0 Å². The standard InChI is InChI=1S/C17H24ClN5O/c1-4-20-17(21-10-16(24)13-5-7-19-8-6-13)23(3)12-15-9-14(18)11-22(15)2/h5-9,11,16,24H,4,10,12H2,1-3H3,(H,20,21). The first-order valence-electron chi connectivity index (χ1n) is 7.89. The fourth-order valence-corrected chi connectivity index (χ4v) is 2.65. The summed E-state index contributed by atoms with van der Waals surface area (Å²) >= 11 is 6.04. The maximum absolute atomic E-state index is 10.3. The number of aliphatic hydroxyl groups excluding tert-OH is 1. The van der Waals surface area contributed by atoms with E-state index in [1.165, 1.54) is 0 Å². The number of nitrogens with one attached hydrogen (secondary N) is 1. The molecule has 0 aromatic carbocycles. The lowest BCUT2D eigenvalue weighted by molar-refractivity contribution is 0.186. The molecule has 2 aromatic rings. The average Bonchev–Trinajstić information content (AvgIpc) is 2.89. The molecule has 0 aliphatic heterocycles. The van der Waals surface area contributed by atoms with Gasteiger partial charge in [0.15, 0.2) is 5.96 Å². The molecule has 1 unspecified atom stereocenters. The molecule has 0 spiro atoms. The highest BCUT2D eigenvalue weighted by atomic mass is 35.5. The molecule has 0 aliphatic carbocycles. The Bertz CT molecular complexity index is 671.